The molecule has 1 rings (SSSR count). The molecule has 11 heavy (non-hydrogen) atoms. The lowest BCUT2D eigenvalue weighted by atomic mass is 10.0. The first kappa shape index (κ1) is 8.29. The highest BCUT2D eigenvalue weighted by Gasteiger charge is 2.41. The van der Waals surface area contributed by atoms with Gasteiger partial charge in [0.2, 0.25) is 0 Å². The largest absolute Gasteiger partial charge is 0.313 e. The normalized spacial score (nSPS) is 18.8. The highest BCUT2D eigenvalue weighted by atomic mass is 14.9. The van der Waals surface area contributed by atoms with Crippen LogP contribution in [0.3, 0.4) is 0 Å². The molecule has 0 aliphatic heterocycles. The van der Waals surface area contributed by atoms with Crippen molar-refractivity contribution in [3.8, 4) is 6.07 Å². The van der Waals surface area contributed by atoms with Crippen LogP contribution < -0.4 is 5.32 Å². The number of rotatable bonds is 5. The van der Waals surface area contributed by atoms with Crippen LogP contribution in [0.2, 0.25) is 0 Å². The van der Waals surface area contributed by atoms with Crippen LogP contribution in [0.4, 0.5) is 0 Å². The third kappa shape index (κ3) is 2.36. The predicted octanol–water partition coefficient (Wildman–Crippen LogP) is 1.46. The molecule has 2 nitrogen and oxygen atoms in total. The minimum absolute atomic E-state index is 0.331. The fourth-order valence-corrected chi connectivity index (χ4v) is 1.20. The second-order valence-electron chi connectivity index (χ2n) is 3.25. The summed E-state index contributed by atoms with van der Waals surface area (Å²) < 4.78 is 0. The van der Waals surface area contributed by atoms with E-state index in [0.29, 0.717) is 11.8 Å². The zero-order valence-corrected chi connectivity index (χ0v) is 6.77. The van der Waals surface area contributed by atoms with Gasteiger partial charge in [0, 0.05) is 19.5 Å². The summed E-state index contributed by atoms with van der Waals surface area (Å²) in [6.45, 7) is 5.45. The molecule has 60 valence electrons. The minimum atomic E-state index is 0.331. The molecule has 0 amide bonds. The average Bonchev–Trinajstić information content (AvgIpc) is 2.71. The van der Waals surface area contributed by atoms with Gasteiger partial charge in [-0.25, -0.2) is 0 Å². The van der Waals surface area contributed by atoms with E-state index in [-0.39, 0.29) is 0 Å². The SMILES string of the molecule is C=CCNCC1(CC#N)CC1. The zero-order chi connectivity index (χ0) is 8.16. The van der Waals surface area contributed by atoms with Crippen LogP contribution in [0.15, 0.2) is 12.7 Å². The lowest BCUT2D eigenvalue weighted by Crippen LogP contribution is -2.23. The van der Waals surface area contributed by atoms with Crippen LogP contribution >= 0.6 is 0 Å². The van der Waals surface area contributed by atoms with Crippen LogP contribution in [-0.2, 0) is 0 Å². The quantitative estimate of drug-likeness (QED) is 0.475. The van der Waals surface area contributed by atoms with Crippen molar-refractivity contribution in [2.24, 2.45) is 5.41 Å². The van der Waals surface area contributed by atoms with Gasteiger partial charge in [0.15, 0.2) is 0 Å². The van der Waals surface area contributed by atoms with Gasteiger partial charge in [-0.15, -0.1) is 6.58 Å². The Morgan fingerprint density at radius 1 is 1.64 bits per heavy atom. The van der Waals surface area contributed by atoms with Crippen LogP contribution in [0.1, 0.15) is 19.3 Å². The first-order chi connectivity index (χ1) is 5.33. The molecular weight excluding hydrogens is 136 g/mol. The smallest absolute Gasteiger partial charge is 0.0628 e. The highest BCUT2D eigenvalue weighted by Crippen LogP contribution is 2.47. The molecule has 0 spiro atoms. The Hall–Kier alpha value is -0.810. The van der Waals surface area contributed by atoms with Crippen LogP contribution in [0, 0.1) is 16.7 Å². The van der Waals surface area contributed by atoms with E-state index in [1.807, 2.05) is 6.08 Å². The molecule has 0 aromatic heterocycles. The maximum Gasteiger partial charge on any atom is 0.0628 e. The van der Waals surface area contributed by atoms with E-state index >= 15 is 0 Å². The molecule has 1 fully saturated rings. The number of nitrogens with zero attached hydrogens (tertiary/aromatic N) is 1. The van der Waals surface area contributed by atoms with Crippen molar-refractivity contribution in [3.63, 3.8) is 0 Å². The summed E-state index contributed by atoms with van der Waals surface area (Å²) in [5, 5.41) is 11.8. The fraction of sp³-hybridized carbons (Fsp3) is 0.667. The van der Waals surface area contributed by atoms with Gasteiger partial charge in [0.25, 0.3) is 0 Å². The molecule has 0 bridgehead atoms. The minimum Gasteiger partial charge on any atom is -0.313 e. The van der Waals surface area contributed by atoms with E-state index in [1.54, 1.807) is 0 Å². The molecule has 2 heteroatoms. The van der Waals surface area contributed by atoms with E-state index in [9.17, 15) is 0 Å². The van der Waals surface area contributed by atoms with E-state index in [1.165, 1.54) is 12.8 Å². The van der Waals surface area contributed by atoms with Crippen molar-refractivity contribution in [2.75, 3.05) is 13.1 Å². The van der Waals surface area contributed by atoms with Crippen LogP contribution in [-0.4, -0.2) is 13.1 Å². The van der Waals surface area contributed by atoms with Crippen LogP contribution in [0.25, 0.3) is 0 Å². The van der Waals surface area contributed by atoms with E-state index in [0.717, 1.165) is 13.1 Å². The summed E-state index contributed by atoms with van der Waals surface area (Å²) in [5.41, 5.74) is 0.331. The molecule has 0 unspecified atom stereocenters. The van der Waals surface area contributed by atoms with Crippen molar-refractivity contribution in [1.29, 1.82) is 5.26 Å². The second kappa shape index (κ2) is 3.54. The molecule has 0 aromatic carbocycles. The standard InChI is InChI=1S/C9H14N2/c1-2-7-11-8-9(3-4-9)5-6-10/h2,11H,1,3-5,7-8H2. The summed E-state index contributed by atoms with van der Waals surface area (Å²) in [4.78, 5) is 0. The third-order valence-corrected chi connectivity index (χ3v) is 2.20. The van der Waals surface area contributed by atoms with Gasteiger partial charge >= 0.3 is 0 Å². The third-order valence-electron chi connectivity index (χ3n) is 2.20. The molecule has 1 aliphatic rings. The lowest BCUT2D eigenvalue weighted by molar-refractivity contribution is 0.481. The summed E-state index contributed by atoms with van der Waals surface area (Å²) in [7, 11) is 0. The first-order valence-corrected chi connectivity index (χ1v) is 4.01. The summed E-state index contributed by atoms with van der Waals surface area (Å²) in [6, 6.07) is 2.23. The molecule has 0 aromatic rings. The maximum atomic E-state index is 8.50. The molecule has 1 N–H and O–H groups in total. The maximum absolute atomic E-state index is 8.50. The van der Waals surface area contributed by atoms with Crippen molar-refractivity contribution in [2.45, 2.75) is 19.3 Å². The fourth-order valence-electron chi connectivity index (χ4n) is 1.20. The highest BCUT2D eigenvalue weighted by molar-refractivity contribution is 5.00. The van der Waals surface area contributed by atoms with Gasteiger partial charge in [0.1, 0.15) is 0 Å². The van der Waals surface area contributed by atoms with Gasteiger partial charge in [-0.05, 0) is 18.3 Å². The van der Waals surface area contributed by atoms with E-state index in [4.69, 9.17) is 5.26 Å². The van der Waals surface area contributed by atoms with Gasteiger partial charge < -0.3 is 5.32 Å². The zero-order valence-electron chi connectivity index (χ0n) is 6.77. The van der Waals surface area contributed by atoms with Gasteiger partial charge in [-0.1, -0.05) is 6.08 Å². The summed E-state index contributed by atoms with van der Waals surface area (Å²) >= 11 is 0. The van der Waals surface area contributed by atoms with Gasteiger partial charge in [-0.2, -0.15) is 5.26 Å². The van der Waals surface area contributed by atoms with E-state index in [2.05, 4.69) is 18.0 Å². The Morgan fingerprint density at radius 2 is 2.36 bits per heavy atom. The molecule has 1 aliphatic carbocycles. The molecule has 0 atom stereocenters. The van der Waals surface area contributed by atoms with Crippen LogP contribution in [0.5, 0.6) is 0 Å². The molecule has 0 heterocycles. The molecule has 0 radical (unpaired) electrons. The lowest BCUT2D eigenvalue weighted by Gasteiger charge is -2.09. The van der Waals surface area contributed by atoms with Gasteiger partial charge in [0.05, 0.1) is 6.07 Å². The molecule has 0 saturated heterocycles. The number of nitriles is 1. The number of hydrogen-bond acceptors (Lipinski definition) is 2. The van der Waals surface area contributed by atoms with Crippen molar-refractivity contribution in [1.82, 2.24) is 5.32 Å². The van der Waals surface area contributed by atoms with E-state index < -0.39 is 0 Å². The topological polar surface area (TPSA) is 35.8 Å². The predicted molar refractivity (Wildman–Crippen MR) is 45.0 cm³/mol. The molecular formula is C9H14N2. The summed E-state index contributed by atoms with van der Waals surface area (Å²) in [6.07, 6.45) is 4.98. The summed E-state index contributed by atoms with van der Waals surface area (Å²) in [5.74, 6) is 0. The van der Waals surface area contributed by atoms with Crippen molar-refractivity contribution >= 4 is 0 Å². The van der Waals surface area contributed by atoms with Crippen molar-refractivity contribution in [3.05, 3.63) is 12.7 Å². The van der Waals surface area contributed by atoms with Crippen molar-refractivity contribution < 1.29 is 0 Å². The Morgan fingerprint density at radius 3 is 2.82 bits per heavy atom. The Bertz CT molecular complexity index is 174. The first-order valence-electron chi connectivity index (χ1n) is 4.01. The average molecular weight is 150 g/mol. The molecule has 1 saturated carbocycles. The Labute approximate surface area is 67.9 Å². The monoisotopic (exact) mass is 150 g/mol. The number of hydrogen-bond donors (Lipinski definition) is 1. The second-order valence-corrected chi connectivity index (χ2v) is 3.25. The Balaban J connectivity index is 2.15. The van der Waals surface area contributed by atoms with Gasteiger partial charge in [-0.3, -0.25) is 0 Å². The number of nitrogens with one attached hydrogen (secondary N) is 1. The Kier molecular flexibility index (Phi) is 2.67.